The van der Waals surface area contributed by atoms with Gasteiger partial charge in [0, 0.05) is 34.5 Å². The Labute approximate surface area is 190 Å². The summed E-state index contributed by atoms with van der Waals surface area (Å²) >= 11 is 1.68. The molecule has 1 heterocycles. The third kappa shape index (κ3) is 5.50. The number of carbonyl (C=O) groups is 1. The Bertz CT molecular complexity index is 1210. The van der Waals surface area contributed by atoms with E-state index in [-0.39, 0.29) is 11.7 Å². The Morgan fingerprint density at radius 2 is 1.78 bits per heavy atom. The SMILES string of the molecule is CSc1ccc(CNC(=O)c2cccc(Nc3ccnc(-c4ccc(F)cc4)n3)c2)cc1. The van der Waals surface area contributed by atoms with Crippen molar-refractivity contribution in [3.63, 3.8) is 0 Å². The van der Waals surface area contributed by atoms with Crippen LogP contribution in [0.3, 0.4) is 0 Å². The maximum absolute atomic E-state index is 13.2. The summed E-state index contributed by atoms with van der Waals surface area (Å²) < 4.78 is 13.2. The minimum absolute atomic E-state index is 0.155. The van der Waals surface area contributed by atoms with Crippen molar-refractivity contribution in [1.82, 2.24) is 15.3 Å². The number of aromatic nitrogens is 2. The predicted molar refractivity (Wildman–Crippen MR) is 127 cm³/mol. The molecule has 0 aliphatic rings. The van der Waals surface area contributed by atoms with Gasteiger partial charge in [-0.1, -0.05) is 18.2 Å². The third-order valence-corrected chi connectivity index (χ3v) is 5.51. The van der Waals surface area contributed by atoms with E-state index in [0.717, 1.165) is 11.3 Å². The van der Waals surface area contributed by atoms with E-state index in [9.17, 15) is 9.18 Å². The molecule has 0 atom stereocenters. The molecule has 0 aliphatic heterocycles. The quantitative estimate of drug-likeness (QED) is 0.359. The molecule has 32 heavy (non-hydrogen) atoms. The number of thioether (sulfide) groups is 1. The molecule has 7 heteroatoms. The first-order valence-electron chi connectivity index (χ1n) is 9.98. The summed E-state index contributed by atoms with van der Waals surface area (Å²) in [6.07, 6.45) is 3.66. The number of rotatable bonds is 7. The predicted octanol–water partition coefficient (Wildman–Crippen LogP) is 5.68. The van der Waals surface area contributed by atoms with Gasteiger partial charge in [-0.2, -0.15) is 0 Å². The van der Waals surface area contributed by atoms with Crippen LogP contribution in [0.5, 0.6) is 0 Å². The number of amides is 1. The van der Waals surface area contributed by atoms with Crippen molar-refractivity contribution in [3.05, 3.63) is 102 Å². The number of anilines is 2. The largest absolute Gasteiger partial charge is 0.348 e. The molecular formula is C25H21FN4OS. The topological polar surface area (TPSA) is 66.9 Å². The Kier molecular flexibility index (Phi) is 6.77. The van der Waals surface area contributed by atoms with E-state index in [1.807, 2.05) is 42.7 Å². The summed E-state index contributed by atoms with van der Waals surface area (Å²) in [7, 11) is 0. The van der Waals surface area contributed by atoms with Crippen molar-refractivity contribution in [1.29, 1.82) is 0 Å². The van der Waals surface area contributed by atoms with Crippen LogP contribution in [0, 0.1) is 5.82 Å². The van der Waals surface area contributed by atoms with Crippen LogP contribution in [0.4, 0.5) is 15.9 Å². The van der Waals surface area contributed by atoms with E-state index >= 15 is 0 Å². The fourth-order valence-corrected chi connectivity index (χ4v) is 3.49. The number of hydrogen-bond donors (Lipinski definition) is 2. The second-order valence-electron chi connectivity index (χ2n) is 7.01. The van der Waals surface area contributed by atoms with Crippen LogP contribution in [-0.4, -0.2) is 22.1 Å². The zero-order chi connectivity index (χ0) is 22.3. The third-order valence-electron chi connectivity index (χ3n) is 4.77. The average molecular weight is 445 g/mol. The molecule has 0 unspecified atom stereocenters. The number of benzene rings is 3. The van der Waals surface area contributed by atoms with Crippen LogP contribution in [0.15, 0.2) is 90.0 Å². The maximum Gasteiger partial charge on any atom is 0.251 e. The van der Waals surface area contributed by atoms with Gasteiger partial charge in [0.05, 0.1) is 0 Å². The smallest absolute Gasteiger partial charge is 0.251 e. The van der Waals surface area contributed by atoms with E-state index in [2.05, 4.69) is 20.6 Å². The zero-order valence-electron chi connectivity index (χ0n) is 17.4. The van der Waals surface area contributed by atoms with Gasteiger partial charge in [-0.25, -0.2) is 14.4 Å². The lowest BCUT2D eigenvalue weighted by molar-refractivity contribution is 0.0951. The van der Waals surface area contributed by atoms with Crippen LogP contribution < -0.4 is 10.6 Å². The van der Waals surface area contributed by atoms with Gasteiger partial charge in [-0.05, 0) is 72.5 Å². The Morgan fingerprint density at radius 1 is 1.00 bits per heavy atom. The first kappa shape index (κ1) is 21.5. The van der Waals surface area contributed by atoms with Crippen molar-refractivity contribution >= 4 is 29.2 Å². The van der Waals surface area contributed by atoms with Gasteiger partial charge >= 0.3 is 0 Å². The molecule has 160 valence electrons. The van der Waals surface area contributed by atoms with Gasteiger partial charge < -0.3 is 10.6 Å². The Hall–Kier alpha value is -3.71. The zero-order valence-corrected chi connectivity index (χ0v) is 18.2. The van der Waals surface area contributed by atoms with Crippen LogP contribution >= 0.6 is 11.8 Å². The normalized spacial score (nSPS) is 10.6. The molecule has 0 spiro atoms. The molecule has 4 rings (SSSR count). The van der Waals surface area contributed by atoms with Crippen LogP contribution in [0.1, 0.15) is 15.9 Å². The number of nitrogens with one attached hydrogen (secondary N) is 2. The molecule has 3 aromatic carbocycles. The van der Waals surface area contributed by atoms with E-state index in [0.29, 0.717) is 29.3 Å². The first-order valence-corrected chi connectivity index (χ1v) is 11.2. The van der Waals surface area contributed by atoms with Crippen LogP contribution in [0.2, 0.25) is 0 Å². The molecule has 5 nitrogen and oxygen atoms in total. The second-order valence-corrected chi connectivity index (χ2v) is 7.89. The van der Waals surface area contributed by atoms with E-state index in [4.69, 9.17) is 0 Å². The highest BCUT2D eigenvalue weighted by atomic mass is 32.2. The van der Waals surface area contributed by atoms with Gasteiger partial charge in [-0.3, -0.25) is 4.79 Å². The van der Waals surface area contributed by atoms with Crippen molar-refractivity contribution < 1.29 is 9.18 Å². The van der Waals surface area contributed by atoms with E-state index in [1.165, 1.54) is 17.0 Å². The maximum atomic E-state index is 13.2. The van der Waals surface area contributed by atoms with Gasteiger partial charge in [0.15, 0.2) is 5.82 Å². The van der Waals surface area contributed by atoms with Crippen LogP contribution in [-0.2, 0) is 6.54 Å². The minimum Gasteiger partial charge on any atom is -0.348 e. The number of carbonyl (C=O) groups excluding carboxylic acids is 1. The van der Waals surface area contributed by atoms with Crippen LogP contribution in [0.25, 0.3) is 11.4 Å². The lowest BCUT2D eigenvalue weighted by Gasteiger charge is -2.10. The molecule has 0 saturated heterocycles. The van der Waals surface area contributed by atoms with Gasteiger partial charge in [-0.15, -0.1) is 11.8 Å². The molecule has 0 bridgehead atoms. The summed E-state index contributed by atoms with van der Waals surface area (Å²) in [5.74, 6) is 0.592. The summed E-state index contributed by atoms with van der Waals surface area (Å²) in [5.41, 5.74) is 3.03. The van der Waals surface area contributed by atoms with Crippen molar-refractivity contribution in [3.8, 4) is 11.4 Å². The lowest BCUT2D eigenvalue weighted by Crippen LogP contribution is -2.22. The molecule has 2 N–H and O–H groups in total. The van der Waals surface area contributed by atoms with Gasteiger partial charge in [0.2, 0.25) is 0 Å². The minimum atomic E-state index is -0.310. The van der Waals surface area contributed by atoms with E-state index < -0.39 is 0 Å². The summed E-state index contributed by atoms with van der Waals surface area (Å²) in [5, 5.41) is 6.15. The van der Waals surface area contributed by atoms with Gasteiger partial charge in [0.25, 0.3) is 5.91 Å². The lowest BCUT2D eigenvalue weighted by atomic mass is 10.1. The molecule has 0 saturated carbocycles. The Balaban J connectivity index is 1.43. The monoisotopic (exact) mass is 444 g/mol. The highest BCUT2D eigenvalue weighted by Gasteiger charge is 2.08. The highest BCUT2D eigenvalue weighted by molar-refractivity contribution is 7.98. The molecule has 0 aliphatic carbocycles. The standard InChI is InChI=1S/C25H21FN4OS/c1-32-22-11-5-17(6-12-22)16-28-25(31)19-3-2-4-21(15-19)29-23-13-14-27-24(30-23)18-7-9-20(26)10-8-18/h2-15H,16H2,1H3,(H,28,31)(H,27,29,30). The molecule has 1 amide bonds. The number of hydrogen-bond acceptors (Lipinski definition) is 5. The fraction of sp³-hybridized carbons (Fsp3) is 0.0800. The number of halogens is 1. The van der Waals surface area contributed by atoms with Gasteiger partial charge in [0.1, 0.15) is 11.6 Å². The first-order chi connectivity index (χ1) is 15.6. The van der Waals surface area contributed by atoms with Crippen molar-refractivity contribution in [2.45, 2.75) is 11.4 Å². The number of nitrogens with zero attached hydrogens (tertiary/aromatic N) is 2. The van der Waals surface area contributed by atoms with E-state index in [1.54, 1.807) is 48.3 Å². The molecular weight excluding hydrogens is 423 g/mol. The summed E-state index contributed by atoms with van der Waals surface area (Å²) in [6, 6.07) is 23.1. The summed E-state index contributed by atoms with van der Waals surface area (Å²) in [6.45, 7) is 0.456. The molecule has 0 radical (unpaired) electrons. The second kappa shape index (κ2) is 10.1. The van der Waals surface area contributed by atoms with Crippen molar-refractivity contribution in [2.75, 3.05) is 11.6 Å². The Morgan fingerprint density at radius 3 is 2.53 bits per heavy atom. The fourth-order valence-electron chi connectivity index (χ4n) is 3.08. The summed E-state index contributed by atoms with van der Waals surface area (Å²) in [4.78, 5) is 22.5. The van der Waals surface area contributed by atoms with Crippen molar-refractivity contribution in [2.24, 2.45) is 0 Å². The molecule has 0 fully saturated rings. The average Bonchev–Trinajstić information content (AvgIpc) is 2.83. The molecule has 1 aromatic heterocycles. The highest BCUT2D eigenvalue weighted by Crippen LogP contribution is 2.20. The molecule has 4 aromatic rings.